The number of hydrogen-bond acceptors (Lipinski definition) is 2. The zero-order valence-corrected chi connectivity index (χ0v) is 9.62. The average Bonchev–Trinajstić information content (AvgIpc) is 2.70. The summed E-state index contributed by atoms with van der Waals surface area (Å²) >= 11 is 5.83. The first-order valence-electron chi connectivity index (χ1n) is 4.98. The van der Waals surface area contributed by atoms with Crippen molar-refractivity contribution in [3.8, 4) is 0 Å². The van der Waals surface area contributed by atoms with Crippen molar-refractivity contribution in [1.82, 2.24) is 0 Å². The van der Waals surface area contributed by atoms with E-state index in [0.29, 0.717) is 16.3 Å². The predicted molar refractivity (Wildman–Crippen MR) is 62.9 cm³/mol. The van der Waals surface area contributed by atoms with Gasteiger partial charge in [0, 0.05) is 10.6 Å². The maximum atomic E-state index is 11.9. The van der Waals surface area contributed by atoms with Crippen LogP contribution < -0.4 is 0 Å². The van der Waals surface area contributed by atoms with Crippen LogP contribution in [0.1, 0.15) is 21.7 Å². The van der Waals surface area contributed by atoms with Gasteiger partial charge in [0.15, 0.2) is 5.78 Å². The van der Waals surface area contributed by atoms with Crippen molar-refractivity contribution in [3.63, 3.8) is 0 Å². The Balaban J connectivity index is 2.21. The molecule has 0 N–H and O–H groups in total. The molecule has 0 atom stereocenters. The minimum atomic E-state index is 0.0455. The second kappa shape index (κ2) is 4.54. The fourth-order valence-electron chi connectivity index (χ4n) is 1.61. The molecule has 0 fully saturated rings. The molecule has 1 aromatic heterocycles. The summed E-state index contributed by atoms with van der Waals surface area (Å²) < 4.78 is 5.14. The third-order valence-electron chi connectivity index (χ3n) is 2.40. The molecular weight excluding hydrogens is 224 g/mol. The highest BCUT2D eigenvalue weighted by atomic mass is 35.5. The molecule has 0 saturated carbocycles. The fourth-order valence-corrected chi connectivity index (χ4v) is 1.83. The highest BCUT2D eigenvalue weighted by Crippen LogP contribution is 2.17. The van der Waals surface area contributed by atoms with Crippen LogP contribution in [0.3, 0.4) is 0 Å². The van der Waals surface area contributed by atoms with Gasteiger partial charge >= 0.3 is 0 Å². The Bertz CT molecular complexity index is 501. The van der Waals surface area contributed by atoms with Gasteiger partial charge in [-0.1, -0.05) is 11.6 Å². The van der Waals surface area contributed by atoms with Crippen molar-refractivity contribution in [2.75, 3.05) is 0 Å². The molecule has 2 rings (SSSR count). The lowest BCUT2D eigenvalue weighted by Gasteiger charge is -2.03. The van der Waals surface area contributed by atoms with Crippen LogP contribution in [0.25, 0.3) is 0 Å². The second-order valence-corrected chi connectivity index (χ2v) is 4.07. The van der Waals surface area contributed by atoms with E-state index in [9.17, 15) is 4.79 Å². The molecule has 0 aliphatic carbocycles. The first-order valence-corrected chi connectivity index (χ1v) is 5.36. The Hall–Kier alpha value is -1.54. The topological polar surface area (TPSA) is 30.2 Å². The van der Waals surface area contributed by atoms with Crippen LogP contribution >= 0.6 is 11.6 Å². The maximum Gasteiger partial charge on any atom is 0.170 e. The van der Waals surface area contributed by atoms with Gasteiger partial charge in [0.25, 0.3) is 0 Å². The van der Waals surface area contributed by atoms with Gasteiger partial charge < -0.3 is 4.42 Å². The van der Waals surface area contributed by atoms with E-state index >= 15 is 0 Å². The minimum absolute atomic E-state index is 0.0455. The maximum absolute atomic E-state index is 11.9. The van der Waals surface area contributed by atoms with E-state index in [1.54, 1.807) is 36.6 Å². The molecule has 3 heteroatoms. The number of carbonyl (C=O) groups is 1. The number of benzene rings is 1. The highest BCUT2D eigenvalue weighted by molar-refractivity contribution is 6.30. The van der Waals surface area contributed by atoms with Crippen molar-refractivity contribution in [3.05, 3.63) is 58.5 Å². The van der Waals surface area contributed by atoms with E-state index in [2.05, 4.69) is 0 Å². The average molecular weight is 235 g/mol. The molecule has 0 aliphatic heterocycles. The number of aryl methyl sites for hydroxylation is 1. The third kappa shape index (κ3) is 2.34. The molecule has 0 radical (unpaired) electrons. The first kappa shape index (κ1) is 11.0. The van der Waals surface area contributed by atoms with Gasteiger partial charge in [-0.3, -0.25) is 4.79 Å². The second-order valence-electron chi connectivity index (χ2n) is 3.64. The largest absolute Gasteiger partial charge is 0.469 e. The van der Waals surface area contributed by atoms with Gasteiger partial charge in [-0.15, -0.1) is 0 Å². The Morgan fingerprint density at radius 1 is 1.38 bits per heavy atom. The highest BCUT2D eigenvalue weighted by Gasteiger charge is 2.11. The van der Waals surface area contributed by atoms with E-state index in [0.717, 1.165) is 5.56 Å². The van der Waals surface area contributed by atoms with Crippen LogP contribution in [0.5, 0.6) is 0 Å². The lowest BCUT2D eigenvalue weighted by Crippen LogP contribution is -2.04. The van der Waals surface area contributed by atoms with Gasteiger partial charge in [0.05, 0.1) is 12.7 Å². The lowest BCUT2D eigenvalue weighted by molar-refractivity contribution is 0.0986. The van der Waals surface area contributed by atoms with Crippen molar-refractivity contribution in [1.29, 1.82) is 0 Å². The summed E-state index contributed by atoms with van der Waals surface area (Å²) in [5.41, 5.74) is 1.59. The minimum Gasteiger partial charge on any atom is -0.469 e. The molecule has 2 aromatic rings. The molecule has 0 aliphatic rings. The van der Waals surface area contributed by atoms with Crippen LogP contribution in [0, 0.1) is 6.92 Å². The molecule has 0 saturated heterocycles. The third-order valence-corrected chi connectivity index (χ3v) is 2.64. The van der Waals surface area contributed by atoms with Crippen LogP contribution in [-0.2, 0) is 6.42 Å². The molecule has 82 valence electrons. The van der Waals surface area contributed by atoms with Crippen LogP contribution in [0.15, 0.2) is 41.0 Å². The van der Waals surface area contributed by atoms with Crippen molar-refractivity contribution >= 4 is 17.4 Å². The van der Waals surface area contributed by atoms with Crippen LogP contribution in [0.4, 0.5) is 0 Å². The van der Waals surface area contributed by atoms with Crippen molar-refractivity contribution in [2.45, 2.75) is 13.3 Å². The van der Waals surface area contributed by atoms with Crippen molar-refractivity contribution < 1.29 is 9.21 Å². The van der Waals surface area contributed by atoms with Crippen LogP contribution in [-0.4, -0.2) is 5.78 Å². The number of Topliss-reactive ketones (excluding diaryl/α,β-unsaturated/α-hetero) is 1. The molecule has 2 nitrogen and oxygen atoms in total. The molecule has 0 unspecified atom stereocenters. The fraction of sp³-hybridized carbons (Fsp3) is 0.154. The summed E-state index contributed by atoms with van der Waals surface area (Å²) in [4.78, 5) is 11.9. The number of halogens is 1. The SMILES string of the molecule is Cc1cc(Cl)ccc1C(=O)Cc1ccco1. The Kier molecular flexibility index (Phi) is 3.11. The molecule has 1 heterocycles. The van der Waals surface area contributed by atoms with Gasteiger partial charge in [-0.2, -0.15) is 0 Å². The van der Waals surface area contributed by atoms with Gasteiger partial charge in [0.2, 0.25) is 0 Å². The number of furan rings is 1. The standard InChI is InChI=1S/C13H11ClO2/c1-9-7-10(14)4-5-12(9)13(15)8-11-3-2-6-16-11/h2-7H,8H2,1H3. The van der Waals surface area contributed by atoms with E-state index in [1.165, 1.54) is 0 Å². The normalized spacial score (nSPS) is 10.4. The molecule has 0 amide bonds. The molecule has 16 heavy (non-hydrogen) atoms. The summed E-state index contributed by atoms with van der Waals surface area (Å²) in [6.45, 7) is 1.88. The first-order chi connectivity index (χ1) is 7.66. The lowest BCUT2D eigenvalue weighted by atomic mass is 10.0. The summed E-state index contributed by atoms with van der Waals surface area (Å²) in [7, 11) is 0. The van der Waals surface area contributed by atoms with Gasteiger partial charge in [0.1, 0.15) is 5.76 Å². The summed E-state index contributed by atoms with van der Waals surface area (Å²) in [6.07, 6.45) is 1.85. The van der Waals surface area contributed by atoms with Crippen LogP contribution in [0.2, 0.25) is 5.02 Å². The summed E-state index contributed by atoms with van der Waals surface area (Å²) in [6, 6.07) is 8.84. The Labute approximate surface area is 98.8 Å². The van der Waals surface area contributed by atoms with E-state index < -0.39 is 0 Å². The number of hydrogen-bond donors (Lipinski definition) is 0. The smallest absolute Gasteiger partial charge is 0.170 e. The number of carbonyl (C=O) groups excluding carboxylic acids is 1. The molecule has 0 bridgehead atoms. The van der Waals surface area contributed by atoms with Gasteiger partial charge in [-0.25, -0.2) is 0 Å². The quantitative estimate of drug-likeness (QED) is 0.759. The zero-order valence-electron chi connectivity index (χ0n) is 8.87. The Morgan fingerprint density at radius 3 is 2.81 bits per heavy atom. The van der Waals surface area contributed by atoms with E-state index in [4.69, 9.17) is 16.0 Å². The summed E-state index contributed by atoms with van der Waals surface area (Å²) in [5, 5.41) is 0.645. The molecule has 0 spiro atoms. The molecule has 1 aromatic carbocycles. The van der Waals surface area contributed by atoms with Gasteiger partial charge in [-0.05, 0) is 42.8 Å². The molecular formula is C13H11ClO2. The Morgan fingerprint density at radius 2 is 2.19 bits per heavy atom. The summed E-state index contributed by atoms with van der Waals surface area (Å²) in [5.74, 6) is 0.725. The zero-order chi connectivity index (χ0) is 11.5. The van der Waals surface area contributed by atoms with E-state index in [-0.39, 0.29) is 12.2 Å². The number of ketones is 1. The van der Waals surface area contributed by atoms with E-state index in [1.807, 2.05) is 6.92 Å². The predicted octanol–water partition coefficient (Wildman–Crippen LogP) is 3.67. The monoisotopic (exact) mass is 234 g/mol. The number of rotatable bonds is 3. The van der Waals surface area contributed by atoms with Crippen molar-refractivity contribution in [2.24, 2.45) is 0 Å².